The van der Waals surface area contributed by atoms with Crippen molar-refractivity contribution in [3.05, 3.63) is 42.0 Å². The standard InChI is InChI=1S/C13H16N2O/c1-11(15(2)3)14-13(16)10-9-12-7-5-4-6-8-12/h4-10H,1-3H3/b10-9+,14-11+. The highest BCUT2D eigenvalue weighted by Crippen LogP contribution is 2.01. The first-order valence-corrected chi connectivity index (χ1v) is 5.09. The predicted molar refractivity (Wildman–Crippen MR) is 67.3 cm³/mol. The second kappa shape index (κ2) is 5.85. The van der Waals surface area contributed by atoms with Crippen LogP contribution in [0.3, 0.4) is 0 Å². The van der Waals surface area contributed by atoms with Gasteiger partial charge in [-0.15, -0.1) is 0 Å². The number of benzene rings is 1. The van der Waals surface area contributed by atoms with E-state index in [1.807, 2.05) is 44.4 Å². The van der Waals surface area contributed by atoms with Gasteiger partial charge in [-0.3, -0.25) is 4.79 Å². The van der Waals surface area contributed by atoms with E-state index in [1.165, 1.54) is 6.08 Å². The van der Waals surface area contributed by atoms with Gasteiger partial charge >= 0.3 is 0 Å². The van der Waals surface area contributed by atoms with Gasteiger partial charge in [0.1, 0.15) is 5.84 Å². The van der Waals surface area contributed by atoms with Crippen molar-refractivity contribution < 1.29 is 4.79 Å². The average Bonchev–Trinajstić information content (AvgIpc) is 2.27. The number of hydrogen-bond acceptors (Lipinski definition) is 1. The van der Waals surface area contributed by atoms with Gasteiger partial charge in [-0.1, -0.05) is 30.3 Å². The Morgan fingerprint density at radius 3 is 2.44 bits per heavy atom. The maximum Gasteiger partial charge on any atom is 0.271 e. The highest BCUT2D eigenvalue weighted by molar-refractivity contribution is 6.00. The van der Waals surface area contributed by atoms with Gasteiger partial charge in [-0.2, -0.15) is 4.99 Å². The van der Waals surface area contributed by atoms with E-state index in [2.05, 4.69) is 4.99 Å². The molecule has 0 spiro atoms. The lowest BCUT2D eigenvalue weighted by atomic mass is 10.2. The van der Waals surface area contributed by atoms with Crippen LogP contribution in [0.4, 0.5) is 0 Å². The van der Waals surface area contributed by atoms with Crippen LogP contribution in [0.5, 0.6) is 0 Å². The number of rotatable bonds is 2. The normalized spacial score (nSPS) is 11.8. The molecular formula is C13H16N2O. The Morgan fingerprint density at radius 1 is 1.25 bits per heavy atom. The first kappa shape index (κ1) is 12.2. The molecule has 0 aliphatic carbocycles. The van der Waals surface area contributed by atoms with E-state index < -0.39 is 0 Å². The van der Waals surface area contributed by atoms with E-state index in [-0.39, 0.29) is 5.91 Å². The van der Waals surface area contributed by atoms with Crippen molar-refractivity contribution in [3.8, 4) is 0 Å². The summed E-state index contributed by atoms with van der Waals surface area (Å²) >= 11 is 0. The van der Waals surface area contributed by atoms with Crippen LogP contribution >= 0.6 is 0 Å². The van der Waals surface area contributed by atoms with Crippen LogP contribution in [0.25, 0.3) is 6.08 Å². The maximum absolute atomic E-state index is 11.4. The van der Waals surface area contributed by atoms with Crippen LogP contribution in [-0.4, -0.2) is 30.7 Å². The van der Waals surface area contributed by atoms with Crippen molar-refractivity contribution in [2.24, 2.45) is 4.99 Å². The molecule has 0 saturated carbocycles. The fourth-order valence-electron chi connectivity index (χ4n) is 1.03. The summed E-state index contributed by atoms with van der Waals surface area (Å²) in [4.78, 5) is 17.1. The summed E-state index contributed by atoms with van der Waals surface area (Å²) in [5.74, 6) is 0.456. The van der Waals surface area contributed by atoms with Crippen molar-refractivity contribution in [3.63, 3.8) is 0 Å². The molecule has 0 radical (unpaired) electrons. The van der Waals surface area contributed by atoms with Gasteiger partial charge < -0.3 is 4.90 Å². The van der Waals surface area contributed by atoms with E-state index in [0.29, 0.717) is 5.84 Å². The van der Waals surface area contributed by atoms with Crippen molar-refractivity contribution in [2.45, 2.75) is 6.92 Å². The second-order valence-corrected chi connectivity index (χ2v) is 3.64. The van der Waals surface area contributed by atoms with E-state index >= 15 is 0 Å². The number of amides is 1. The highest BCUT2D eigenvalue weighted by Gasteiger charge is 1.96. The number of carbonyl (C=O) groups excluding carboxylic acids is 1. The van der Waals surface area contributed by atoms with E-state index in [4.69, 9.17) is 0 Å². The molecule has 0 atom stereocenters. The third kappa shape index (κ3) is 4.09. The van der Waals surface area contributed by atoms with Crippen molar-refractivity contribution in [2.75, 3.05) is 14.1 Å². The molecule has 84 valence electrons. The monoisotopic (exact) mass is 216 g/mol. The summed E-state index contributed by atoms with van der Waals surface area (Å²) < 4.78 is 0. The molecule has 1 rings (SSSR count). The molecule has 0 aliphatic rings. The minimum absolute atomic E-state index is 0.241. The van der Waals surface area contributed by atoms with E-state index in [1.54, 1.807) is 17.9 Å². The van der Waals surface area contributed by atoms with Crippen LogP contribution < -0.4 is 0 Å². The number of aliphatic imine (C=N–C) groups is 1. The van der Waals surface area contributed by atoms with Gasteiger partial charge in [0.25, 0.3) is 5.91 Å². The smallest absolute Gasteiger partial charge is 0.271 e. The molecule has 0 fully saturated rings. The van der Waals surface area contributed by atoms with Gasteiger partial charge in [0.15, 0.2) is 0 Å². The van der Waals surface area contributed by atoms with Gasteiger partial charge in [-0.05, 0) is 18.6 Å². The largest absolute Gasteiger partial charge is 0.366 e. The highest BCUT2D eigenvalue weighted by atomic mass is 16.1. The van der Waals surface area contributed by atoms with Crippen LogP contribution in [-0.2, 0) is 4.79 Å². The van der Waals surface area contributed by atoms with Gasteiger partial charge in [0, 0.05) is 20.2 Å². The molecule has 0 aliphatic heterocycles. The zero-order valence-corrected chi connectivity index (χ0v) is 9.84. The number of hydrogen-bond donors (Lipinski definition) is 0. The molecule has 1 aromatic carbocycles. The molecule has 0 heterocycles. The summed E-state index contributed by atoms with van der Waals surface area (Å²) in [5.41, 5.74) is 0.994. The molecule has 1 amide bonds. The topological polar surface area (TPSA) is 32.7 Å². The van der Waals surface area contributed by atoms with Crippen LogP contribution in [0.15, 0.2) is 41.4 Å². The molecule has 3 heteroatoms. The molecule has 3 nitrogen and oxygen atoms in total. The fourth-order valence-corrected chi connectivity index (χ4v) is 1.03. The first-order chi connectivity index (χ1) is 7.59. The zero-order valence-electron chi connectivity index (χ0n) is 9.84. The zero-order chi connectivity index (χ0) is 12.0. The maximum atomic E-state index is 11.4. The Kier molecular flexibility index (Phi) is 4.45. The van der Waals surface area contributed by atoms with Gasteiger partial charge in [-0.25, -0.2) is 0 Å². The minimum atomic E-state index is -0.241. The summed E-state index contributed by atoms with van der Waals surface area (Å²) in [5, 5.41) is 0. The average molecular weight is 216 g/mol. The molecule has 1 aromatic rings. The van der Waals surface area contributed by atoms with E-state index in [9.17, 15) is 4.79 Å². The van der Waals surface area contributed by atoms with Crippen LogP contribution in [0, 0.1) is 0 Å². The Balaban J connectivity index is 2.66. The fraction of sp³-hybridized carbons (Fsp3) is 0.231. The Bertz CT molecular complexity index is 405. The lowest BCUT2D eigenvalue weighted by molar-refractivity contribution is -0.113. The molecule has 16 heavy (non-hydrogen) atoms. The second-order valence-electron chi connectivity index (χ2n) is 3.64. The third-order valence-electron chi connectivity index (χ3n) is 2.14. The number of amidine groups is 1. The lowest BCUT2D eigenvalue weighted by Gasteiger charge is -2.09. The predicted octanol–water partition coefficient (Wildman–Crippen LogP) is 2.21. The van der Waals surface area contributed by atoms with Crippen molar-refractivity contribution in [1.29, 1.82) is 0 Å². The Labute approximate surface area is 96.1 Å². The summed E-state index contributed by atoms with van der Waals surface area (Å²) in [6.07, 6.45) is 3.23. The molecule has 0 saturated heterocycles. The third-order valence-corrected chi connectivity index (χ3v) is 2.14. The molecule has 0 aromatic heterocycles. The first-order valence-electron chi connectivity index (χ1n) is 5.09. The van der Waals surface area contributed by atoms with Gasteiger partial charge in [0.2, 0.25) is 0 Å². The van der Waals surface area contributed by atoms with Crippen molar-refractivity contribution in [1.82, 2.24) is 4.90 Å². The quantitative estimate of drug-likeness (QED) is 0.431. The SMILES string of the molecule is C/C(=N\C(=O)/C=C/c1ccccc1)N(C)C. The Morgan fingerprint density at radius 2 is 1.88 bits per heavy atom. The summed E-state index contributed by atoms with van der Waals surface area (Å²) in [6.45, 7) is 1.80. The number of carbonyl (C=O) groups is 1. The summed E-state index contributed by atoms with van der Waals surface area (Å²) in [7, 11) is 3.71. The minimum Gasteiger partial charge on any atom is -0.366 e. The van der Waals surface area contributed by atoms with Crippen LogP contribution in [0.1, 0.15) is 12.5 Å². The Hall–Kier alpha value is -1.90. The molecule has 0 N–H and O–H groups in total. The number of nitrogens with zero attached hydrogens (tertiary/aromatic N) is 2. The van der Waals surface area contributed by atoms with Crippen molar-refractivity contribution >= 4 is 17.8 Å². The van der Waals surface area contributed by atoms with Gasteiger partial charge in [0.05, 0.1) is 0 Å². The van der Waals surface area contributed by atoms with Crippen LogP contribution in [0.2, 0.25) is 0 Å². The summed E-state index contributed by atoms with van der Waals surface area (Å²) in [6, 6.07) is 9.67. The molecule has 0 unspecified atom stereocenters. The molecule has 0 bridgehead atoms. The van der Waals surface area contributed by atoms with E-state index in [0.717, 1.165) is 5.56 Å². The molecular weight excluding hydrogens is 200 g/mol. The lowest BCUT2D eigenvalue weighted by Crippen LogP contribution is -2.19.